The van der Waals surface area contributed by atoms with Gasteiger partial charge in [-0.25, -0.2) is 4.98 Å². The van der Waals surface area contributed by atoms with Gasteiger partial charge in [0.05, 0.1) is 12.9 Å². The second-order valence-corrected chi connectivity index (χ2v) is 4.90. The summed E-state index contributed by atoms with van der Waals surface area (Å²) in [5, 5.41) is 38.4. The van der Waals surface area contributed by atoms with Crippen molar-refractivity contribution < 1.29 is 25.2 Å². The van der Waals surface area contributed by atoms with Crippen molar-refractivity contribution in [2.75, 3.05) is 12.3 Å². The van der Waals surface area contributed by atoms with Crippen LogP contribution >= 0.6 is 0 Å². The zero-order chi connectivity index (χ0) is 16.0. The Kier molecular flexibility index (Phi) is 3.58. The molecule has 1 saturated heterocycles. The van der Waals surface area contributed by atoms with Crippen molar-refractivity contribution in [1.82, 2.24) is 19.1 Å². The van der Waals surface area contributed by atoms with Gasteiger partial charge in [0.15, 0.2) is 17.4 Å². The van der Waals surface area contributed by atoms with Gasteiger partial charge in [-0.05, 0) is 0 Å². The van der Waals surface area contributed by atoms with Crippen molar-refractivity contribution in [1.29, 1.82) is 0 Å². The van der Waals surface area contributed by atoms with Gasteiger partial charge in [0.25, 0.3) is 0 Å². The lowest BCUT2D eigenvalue weighted by Crippen LogP contribution is -2.33. The molecule has 1 fully saturated rings. The Morgan fingerprint density at radius 3 is 2.64 bits per heavy atom. The number of fused-ring (bicyclic) bond motifs is 1. The number of anilines is 1. The molecule has 3 heterocycles. The first kappa shape index (κ1) is 14.9. The fourth-order valence-electron chi connectivity index (χ4n) is 2.53. The van der Waals surface area contributed by atoms with Crippen LogP contribution in [0.2, 0.25) is 0 Å². The SMILES string of the molecule is Nc1nc(=O)c2ncn(C3OC(CO)C(O)C3O)c2n1CO. The van der Waals surface area contributed by atoms with Gasteiger partial charge in [-0.3, -0.25) is 13.9 Å². The van der Waals surface area contributed by atoms with Gasteiger partial charge in [-0.1, -0.05) is 0 Å². The molecule has 4 atom stereocenters. The van der Waals surface area contributed by atoms with E-state index in [2.05, 4.69) is 9.97 Å². The monoisotopic (exact) mass is 313 g/mol. The van der Waals surface area contributed by atoms with Gasteiger partial charge >= 0.3 is 5.56 Å². The van der Waals surface area contributed by atoms with Crippen LogP contribution in [0, 0.1) is 0 Å². The van der Waals surface area contributed by atoms with E-state index in [4.69, 9.17) is 15.6 Å². The third-order valence-corrected chi connectivity index (χ3v) is 3.65. The number of aliphatic hydroxyl groups excluding tert-OH is 4. The number of hydrogen-bond donors (Lipinski definition) is 5. The van der Waals surface area contributed by atoms with Crippen LogP contribution < -0.4 is 11.3 Å². The van der Waals surface area contributed by atoms with Crippen LogP contribution in [-0.2, 0) is 11.5 Å². The molecular formula is C11H15N5O6. The van der Waals surface area contributed by atoms with Gasteiger partial charge in [0.1, 0.15) is 25.0 Å². The number of imidazole rings is 1. The van der Waals surface area contributed by atoms with E-state index in [-0.39, 0.29) is 17.1 Å². The van der Waals surface area contributed by atoms with Crippen molar-refractivity contribution in [3.63, 3.8) is 0 Å². The van der Waals surface area contributed by atoms with E-state index in [1.165, 1.54) is 10.9 Å². The molecule has 0 aliphatic carbocycles. The number of nitrogens with two attached hydrogens (primary N) is 1. The van der Waals surface area contributed by atoms with Crippen LogP contribution in [-0.4, -0.2) is 64.4 Å². The molecule has 3 rings (SSSR count). The molecule has 0 amide bonds. The Labute approximate surface area is 122 Å². The van der Waals surface area contributed by atoms with Crippen LogP contribution in [0.25, 0.3) is 11.2 Å². The maximum Gasteiger partial charge on any atom is 0.302 e. The van der Waals surface area contributed by atoms with Crippen LogP contribution in [0.5, 0.6) is 0 Å². The summed E-state index contributed by atoms with van der Waals surface area (Å²) < 4.78 is 7.75. The Balaban J connectivity index is 2.18. The fraction of sp³-hybridized carbons (Fsp3) is 0.545. The van der Waals surface area contributed by atoms with Crippen molar-refractivity contribution in [2.24, 2.45) is 0 Å². The number of aliphatic hydroxyl groups is 4. The molecule has 0 saturated carbocycles. The van der Waals surface area contributed by atoms with Gasteiger partial charge in [0, 0.05) is 0 Å². The standard InChI is InChI=1S/C11H15N5O6/c12-11-14-8(21)5-9(16(11)3-18)15(2-13-5)10-7(20)6(19)4(1-17)22-10/h2,4,6-7,10,17-20H,1,3H2,(H2,12,14,21). The average molecular weight is 313 g/mol. The first-order chi connectivity index (χ1) is 10.5. The van der Waals surface area contributed by atoms with Crippen LogP contribution in [0.15, 0.2) is 11.1 Å². The third kappa shape index (κ3) is 1.99. The molecule has 4 unspecified atom stereocenters. The highest BCUT2D eigenvalue weighted by atomic mass is 16.6. The van der Waals surface area contributed by atoms with Gasteiger partial charge < -0.3 is 30.9 Å². The minimum absolute atomic E-state index is 0.0685. The number of aromatic nitrogens is 4. The highest BCUT2D eigenvalue weighted by Gasteiger charge is 2.44. The maximum absolute atomic E-state index is 11.8. The summed E-state index contributed by atoms with van der Waals surface area (Å²) in [6, 6.07) is 0. The Morgan fingerprint density at radius 1 is 1.32 bits per heavy atom. The summed E-state index contributed by atoms with van der Waals surface area (Å²) in [6.07, 6.45) is -3.53. The number of hydrogen-bond acceptors (Lipinski definition) is 9. The van der Waals surface area contributed by atoms with Crippen molar-refractivity contribution in [2.45, 2.75) is 31.3 Å². The highest BCUT2D eigenvalue weighted by molar-refractivity contribution is 5.71. The minimum atomic E-state index is -1.36. The summed E-state index contributed by atoms with van der Waals surface area (Å²) in [6.45, 7) is -1.06. The smallest absolute Gasteiger partial charge is 0.302 e. The maximum atomic E-state index is 11.8. The Hall–Kier alpha value is -2.05. The molecule has 2 aromatic heterocycles. The number of ether oxygens (including phenoxy) is 1. The van der Waals surface area contributed by atoms with E-state index < -0.39 is 43.4 Å². The Bertz CT molecular complexity index is 757. The number of nitrogens with zero attached hydrogens (tertiary/aromatic N) is 4. The van der Waals surface area contributed by atoms with E-state index in [0.29, 0.717) is 0 Å². The predicted octanol–water partition coefficient (Wildman–Crippen LogP) is -3.26. The lowest BCUT2D eigenvalue weighted by atomic mass is 10.1. The first-order valence-corrected chi connectivity index (χ1v) is 6.45. The van der Waals surface area contributed by atoms with Crippen molar-refractivity contribution in [3.8, 4) is 0 Å². The molecular weight excluding hydrogens is 298 g/mol. The topological polar surface area (TPSA) is 169 Å². The first-order valence-electron chi connectivity index (χ1n) is 6.45. The molecule has 6 N–H and O–H groups in total. The van der Waals surface area contributed by atoms with Crippen molar-refractivity contribution >= 4 is 17.1 Å². The van der Waals surface area contributed by atoms with Gasteiger partial charge in [-0.15, -0.1) is 0 Å². The van der Waals surface area contributed by atoms with E-state index in [1.807, 2.05) is 0 Å². The molecule has 120 valence electrons. The molecule has 0 radical (unpaired) electrons. The van der Waals surface area contributed by atoms with Gasteiger partial charge in [-0.2, -0.15) is 4.98 Å². The van der Waals surface area contributed by atoms with Gasteiger partial charge in [0.2, 0.25) is 5.95 Å². The zero-order valence-electron chi connectivity index (χ0n) is 11.3. The normalized spacial score (nSPS) is 28.5. The molecule has 0 bridgehead atoms. The lowest BCUT2D eigenvalue weighted by molar-refractivity contribution is -0.0514. The fourth-order valence-corrected chi connectivity index (χ4v) is 2.53. The second kappa shape index (κ2) is 5.30. The predicted molar refractivity (Wildman–Crippen MR) is 71.4 cm³/mol. The van der Waals surface area contributed by atoms with E-state index in [1.54, 1.807) is 0 Å². The molecule has 11 nitrogen and oxygen atoms in total. The van der Waals surface area contributed by atoms with Crippen LogP contribution in [0.3, 0.4) is 0 Å². The third-order valence-electron chi connectivity index (χ3n) is 3.65. The van der Waals surface area contributed by atoms with E-state index >= 15 is 0 Å². The molecule has 2 aromatic rings. The van der Waals surface area contributed by atoms with E-state index in [9.17, 15) is 20.1 Å². The summed E-state index contributed by atoms with van der Waals surface area (Å²) in [5.74, 6) is -0.228. The van der Waals surface area contributed by atoms with E-state index in [0.717, 1.165) is 4.57 Å². The number of rotatable bonds is 3. The number of nitrogen functional groups attached to an aromatic ring is 1. The minimum Gasteiger partial charge on any atom is -0.394 e. The average Bonchev–Trinajstić information content (AvgIpc) is 3.03. The lowest BCUT2D eigenvalue weighted by Gasteiger charge is -2.19. The summed E-state index contributed by atoms with van der Waals surface area (Å²) in [5.41, 5.74) is 4.93. The molecule has 22 heavy (non-hydrogen) atoms. The summed E-state index contributed by atoms with van der Waals surface area (Å²) in [7, 11) is 0. The quantitative estimate of drug-likeness (QED) is 0.390. The van der Waals surface area contributed by atoms with Crippen LogP contribution in [0.1, 0.15) is 6.23 Å². The largest absolute Gasteiger partial charge is 0.394 e. The second-order valence-electron chi connectivity index (χ2n) is 4.90. The summed E-state index contributed by atoms with van der Waals surface area (Å²) in [4.78, 5) is 19.2. The molecule has 0 aromatic carbocycles. The highest BCUT2D eigenvalue weighted by Crippen LogP contribution is 2.31. The zero-order valence-corrected chi connectivity index (χ0v) is 11.3. The molecule has 1 aliphatic heterocycles. The Morgan fingerprint density at radius 2 is 2.05 bits per heavy atom. The molecule has 1 aliphatic rings. The van der Waals surface area contributed by atoms with Crippen molar-refractivity contribution in [3.05, 3.63) is 16.7 Å². The molecule has 0 spiro atoms. The molecule has 11 heteroatoms. The van der Waals surface area contributed by atoms with Crippen LogP contribution in [0.4, 0.5) is 5.95 Å². The summed E-state index contributed by atoms with van der Waals surface area (Å²) >= 11 is 0.